The minimum atomic E-state index is -0.690. The van der Waals surface area contributed by atoms with Crippen molar-refractivity contribution in [2.75, 3.05) is 11.9 Å². The Morgan fingerprint density at radius 1 is 1.31 bits per heavy atom. The SMILES string of the molecule is CCc1ccccc1NC(=O)CN1C(=O)N/C(=C\c2cc(Br)cc(I)c2O)C1=O. The Morgan fingerprint density at radius 3 is 2.76 bits per heavy atom. The van der Waals surface area contributed by atoms with Crippen LogP contribution in [0.15, 0.2) is 46.6 Å². The van der Waals surface area contributed by atoms with Gasteiger partial charge in [-0.05, 0) is 58.9 Å². The lowest BCUT2D eigenvalue weighted by Crippen LogP contribution is -2.38. The van der Waals surface area contributed by atoms with Gasteiger partial charge in [0.25, 0.3) is 5.91 Å². The number of benzene rings is 2. The summed E-state index contributed by atoms with van der Waals surface area (Å²) in [5, 5.41) is 15.4. The van der Waals surface area contributed by atoms with E-state index in [1.165, 1.54) is 6.08 Å². The molecule has 1 saturated heterocycles. The first kappa shape index (κ1) is 21.3. The zero-order valence-electron chi connectivity index (χ0n) is 15.3. The molecule has 3 N–H and O–H groups in total. The molecule has 0 aromatic heterocycles. The van der Waals surface area contributed by atoms with Crippen LogP contribution in [-0.4, -0.2) is 34.4 Å². The van der Waals surface area contributed by atoms with Crippen molar-refractivity contribution in [1.29, 1.82) is 0 Å². The second-order valence-corrected chi connectivity index (χ2v) is 8.34. The maximum atomic E-state index is 12.6. The van der Waals surface area contributed by atoms with Crippen LogP contribution in [0.2, 0.25) is 0 Å². The number of rotatable bonds is 5. The minimum absolute atomic E-state index is 0.00397. The third-order valence-corrected chi connectivity index (χ3v) is 5.57. The normalized spacial score (nSPS) is 15.0. The molecule has 0 radical (unpaired) electrons. The van der Waals surface area contributed by atoms with Crippen molar-refractivity contribution >= 4 is 68.1 Å². The summed E-state index contributed by atoms with van der Waals surface area (Å²) < 4.78 is 1.31. The molecule has 1 heterocycles. The summed E-state index contributed by atoms with van der Waals surface area (Å²) in [6, 6.07) is 10.0. The Labute approximate surface area is 189 Å². The van der Waals surface area contributed by atoms with Gasteiger partial charge in [-0.2, -0.15) is 0 Å². The molecule has 150 valence electrons. The smallest absolute Gasteiger partial charge is 0.329 e. The average molecular weight is 570 g/mol. The number of aromatic hydroxyl groups is 1. The van der Waals surface area contributed by atoms with E-state index in [0.29, 0.717) is 19.3 Å². The van der Waals surface area contributed by atoms with Gasteiger partial charge in [0.1, 0.15) is 18.0 Å². The Balaban J connectivity index is 1.76. The Hall–Kier alpha value is -2.40. The van der Waals surface area contributed by atoms with Gasteiger partial charge in [0.05, 0.1) is 3.57 Å². The standard InChI is InChI=1S/C20H17BrIN3O4/c1-2-11-5-3-4-6-15(11)23-17(26)10-25-19(28)16(24-20(25)29)8-12-7-13(21)9-14(22)18(12)27/h3-9,27H,2,10H2,1H3,(H,23,26)(H,24,29)/b16-8-. The number of amides is 4. The topological polar surface area (TPSA) is 98.7 Å². The van der Waals surface area contributed by atoms with Gasteiger partial charge in [0, 0.05) is 15.7 Å². The quantitative estimate of drug-likeness (QED) is 0.289. The van der Waals surface area contributed by atoms with Gasteiger partial charge in [0.15, 0.2) is 0 Å². The summed E-state index contributed by atoms with van der Waals surface area (Å²) in [5.74, 6) is -1.12. The van der Waals surface area contributed by atoms with Crippen LogP contribution in [-0.2, 0) is 16.0 Å². The first-order chi connectivity index (χ1) is 13.8. The molecule has 0 bridgehead atoms. The molecule has 3 rings (SSSR count). The highest BCUT2D eigenvalue weighted by atomic mass is 127. The van der Waals surface area contributed by atoms with Crippen molar-refractivity contribution < 1.29 is 19.5 Å². The fourth-order valence-electron chi connectivity index (χ4n) is 2.85. The van der Waals surface area contributed by atoms with Crippen LogP contribution in [0, 0.1) is 3.57 Å². The number of carbonyl (C=O) groups is 3. The largest absolute Gasteiger partial charge is 0.506 e. The van der Waals surface area contributed by atoms with Crippen molar-refractivity contribution in [3.05, 3.63) is 61.3 Å². The highest BCUT2D eigenvalue weighted by molar-refractivity contribution is 14.1. The molecule has 29 heavy (non-hydrogen) atoms. The number of anilines is 1. The number of para-hydroxylation sites is 1. The van der Waals surface area contributed by atoms with E-state index in [0.717, 1.165) is 16.9 Å². The first-order valence-corrected chi connectivity index (χ1v) is 10.6. The molecular formula is C20H17BrIN3O4. The van der Waals surface area contributed by atoms with Gasteiger partial charge < -0.3 is 15.7 Å². The van der Waals surface area contributed by atoms with Crippen molar-refractivity contribution in [2.45, 2.75) is 13.3 Å². The average Bonchev–Trinajstić information content (AvgIpc) is 2.93. The van der Waals surface area contributed by atoms with E-state index in [-0.39, 0.29) is 11.4 Å². The molecule has 2 aromatic carbocycles. The summed E-state index contributed by atoms with van der Waals surface area (Å²) in [6.45, 7) is 1.56. The molecule has 1 fully saturated rings. The van der Waals surface area contributed by atoms with Crippen LogP contribution in [0.1, 0.15) is 18.1 Å². The number of urea groups is 1. The second kappa shape index (κ2) is 8.95. The number of carbonyl (C=O) groups excluding carboxylic acids is 3. The zero-order valence-corrected chi connectivity index (χ0v) is 19.1. The summed E-state index contributed by atoms with van der Waals surface area (Å²) in [6.07, 6.45) is 2.12. The number of halogens is 2. The van der Waals surface area contributed by atoms with Gasteiger partial charge in [-0.15, -0.1) is 0 Å². The number of phenolic OH excluding ortho intramolecular Hbond substituents is 1. The summed E-state index contributed by atoms with van der Waals surface area (Å²) in [5.41, 5.74) is 1.96. The predicted molar refractivity (Wildman–Crippen MR) is 121 cm³/mol. The Bertz CT molecular complexity index is 1040. The highest BCUT2D eigenvalue weighted by Crippen LogP contribution is 2.30. The molecular weight excluding hydrogens is 553 g/mol. The molecule has 1 aliphatic heterocycles. The van der Waals surface area contributed by atoms with Crippen LogP contribution in [0.5, 0.6) is 5.75 Å². The fourth-order valence-corrected chi connectivity index (χ4v) is 4.40. The maximum Gasteiger partial charge on any atom is 0.329 e. The van der Waals surface area contributed by atoms with Crippen molar-refractivity contribution in [3.63, 3.8) is 0 Å². The zero-order chi connectivity index (χ0) is 21.1. The van der Waals surface area contributed by atoms with Gasteiger partial charge in [-0.1, -0.05) is 41.1 Å². The molecule has 0 aliphatic carbocycles. The number of nitrogens with one attached hydrogen (secondary N) is 2. The third kappa shape index (κ3) is 4.78. The van der Waals surface area contributed by atoms with E-state index in [1.54, 1.807) is 24.3 Å². The van der Waals surface area contributed by atoms with E-state index in [4.69, 9.17) is 0 Å². The van der Waals surface area contributed by atoms with Crippen LogP contribution >= 0.6 is 38.5 Å². The van der Waals surface area contributed by atoms with Gasteiger partial charge >= 0.3 is 6.03 Å². The lowest BCUT2D eigenvalue weighted by atomic mass is 10.1. The molecule has 2 aromatic rings. The molecule has 0 atom stereocenters. The van der Waals surface area contributed by atoms with Crippen LogP contribution in [0.25, 0.3) is 6.08 Å². The molecule has 0 spiro atoms. The van der Waals surface area contributed by atoms with Crippen LogP contribution < -0.4 is 10.6 Å². The van der Waals surface area contributed by atoms with Crippen LogP contribution in [0.4, 0.5) is 10.5 Å². The number of imide groups is 1. The number of hydrogen-bond acceptors (Lipinski definition) is 4. The molecule has 0 saturated carbocycles. The molecule has 9 heteroatoms. The van der Waals surface area contributed by atoms with Crippen molar-refractivity contribution in [3.8, 4) is 5.75 Å². The van der Waals surface area contributed by atoms with E-state index in [1.807, 2.05) is 41.6 Å². The minimum Gasteiger partial charge on any atom is -0.506 e. The number of aryl methyl sites for hydroxylation is 1. The van der Waals surface area contributed by atoms with Crippen molar-refractivity contribution in [1.82, 2.24) is 10.2 Å². The second-order valence-electron chi connectivity index (χ2n) is 6.26. The summed E-state index contributed by atoms with van der Waals surface area (Å²) >= 11 is 5.29. The predicted octanol–water partition coefficient (Wildman–Crippen LogP) is 3.85. The van der Waals surface area contributed by atoms with Gasteiger partial charge in [-0.25, -0.2) is 9.69 Å². The number of nitrogens with zero attached hydrogens (tertiary/aromatic N) is 1. The number of phenols is 1. The Kier molecular flexibility index (Phi) is 6.58. The van der Waals surface area contributed by atoms with Crippen LogP contribution in [0.3, 0.4) is 0 Å². The third-order valence-electron chi connectivity index (χ3n) is 4.29. The first-order valence-electron chi connectivity index (χ1n) is 8.70. The maximum absolute atomic E-state index is 12.6. The Morgan fingerprint density at radius 2 is 2.03 bits per heavy atom. The van der Waals surface area contributed by atoms with E-state index < -0.39 is 24.4 Å². The van der Waals surface area contributed by atoms with Gasteiger partial charge in [-0.3, -0.25) is 9.59 Å². The fraction of sp³-hybridized carbons (Fsp3) is 0.150. The number of hydrogen-bond donors (Lipinski definition) is 3. The highest BCUT2D eigenvalue weighted by Gasteiger charge is 2.35. The van der Waals surface area contributed by atoms with Crippen molar-refractivity contribution in [2.24, 2.45) is 0 Å². The summed E-state index contributed by atoms with van der Waals surface area (Å²) in [4.78, 5) is 38.0. The summed E-state index contributed by atoms with van der Waals surface area (Å²) in [7, 11) is 0. The monoisotopic (exact) mass is 569 g/mol. The molecule has 1 aliphatic rings. The molecule has 4 amide bonds. The van der Waals surface area contributed by atoms with Gasteiger partial charge in [0.2, 0.25) is 5.91 Å². The molecule has 0 unspecified atom stereocenters. The lowest BCUT2D eigenvalue weighted by Gasteiger charge is -2.13. The lowest BCUT2D eigenvalue weighted by molar-refractivity contribution is -0.127. The van der Waals surface area contributed by atoms with E-state index in [2.05, 4.69) is 26.6 Å². The molecule has 7 nitrogen and oxygen atoms in total. The van der Waals surface area contributed by atoms with E-state index >= 15 is 0 Å². The van der Waals surface area contributed by atoms with E-state index in [9.17, 15) is 19.5 Å².